The number of aromatic hydroxyl groups is 1. The van der Waals surface area contributed by atoms with E-state index in [-0.39, 0.29) is 17.6 Å². The van der Waals surface area contributed by atoms with Crippen molar-refractivity contribution < 1.29 is 19.4 Å². The number of hydrogen-bond donors (Lipinski definition) is 3. The Bertz CT molecular complexity index is 871. The molecule has 0 spiro atoms. The number of methoxy groups -OCH3 is 1. The van der Waals surface area contributed by atoms with Gasteiger partial charge in [-0.1, -0.05) is 6.07 Å². The molecule has 0 aromatic heterocycles. The molecule has 0 radical (unpaired) electrons. The van der Waals surface area contributed by atoms with E-state index < -0.39 is 0 Å². The highest BCUT2D eigenvalue weighted by Gasteiger charge is 2.24. The third-order valence-electron chi connectivity index (χ3n) is 3.64. The maximum Gasteiger partial charge on any atom is 0.256 e. The number of nitrogens with one attached hydrogen (secondary N) is 2. The molecule has 0 aliphatic carbocycles. The molecular formula is C18H16N2O4. The second kappa shape index (κ2) is 6.08. The first-order valence-electron chi connectivity index (χ1n) is 7.30. The summed E-state index contributed by atoms with van der Waals surface area (Å²) < 4.78 is 5.08. The Balaban J connectivity index is 2.03. The summed E-state index contributed by atoms with van der Waals surface area (Å²) in [5, 5.41) is 15.1. The summed E-state index contributed by atoms with van der Waals surface area (Å²) in [5.74, 6) is -0.0445. The first-order valence-corrected chi connectivity index (χ1v) is 7.30. The van der Waals surface area contributed by atoms with E-state index in [0.717, 1.165) is 0 Å². The van der Waals surface area contributed by atoms with Crippen molar-refractivity contribution in [1.29, 1.82) is 0 Å². The molecule has 1 aliphatic rings. The van der Waals surface area contributed by atoms with Crippen LogP contribution in [0, 0.1) is 0 Å². The van der Waals surface area contributed by atoms with Crippen molar-refractivity contribution in [2.24, 2.45) is 0 Å². The number of ether oxygens (including phenoxy) is 1. The second-order valence-corrected chi connectivity index (χ2v) is 5.38. The highest BCUT2D eigenvalue weighted by Crippen LogP contribution is 2.36. The fraction of sp³-hybridized carbons (Fsp3) is 0.111. The number of phenolic OH excluding ortho intramolecular Hbond substituents is 1. The van der Waals surface area contributed by atoms with Gasteiger partial charge < -0.3 is 20.5 Å². The Morgan fingerprint density at radius 1 is 1.25 bits per heavy atom. The minimum absolute atomic E-state index is 0.0314. The predicted octanol–water partition coefficient (Wildman–Crippen LogP) is 2.85. The fourth-order valence-electron chi connectivity index (χ4n) is 2.56. The van der Waals surface area contributed by atoms with Crippen LogP contribution in [0.15, 0.2) is 36.4 Å². The molecule has 2 aromatic rings. The summed E-state index contributed by atoms with van der Waals surface area (Å²) in [6.07, 6.45) is 1.71. The molecule has 2 aromatic carbocycles. The van der Waals surface area contributed by atoms with Gasteiger partial charge in [-0.3, -0.25) is 9.59 Å². The summed E-state index contributed by atoms with van der Waals surface area (Å²) in [4.78, 5) is 23.4. The van der Waals surface area contributed by atoms with Crippen LogP contribution in [-0.4, -0.2) is 24.0 Å². The number of rotatable bonds is 3. The maximum absolute atomic E-state index is 12.2. The second-order valence-electron chi connectivity index (χ2n) is 5.38. The predicted molar refractivity (Wildman–Crippen MR) is 91.9 cm³/mol. The molecule has 0 saturated carbocycles. The molecular weight excluding hydrogens is 308 g/mol. The van der Waals surface area contributed by atoms with Gasteiger partial charge in [0.15, 0.2) is 11.5 Å². The van der Waals surface area contributed by atoms with Crippen LogP contribution < -0.4 is 15.4 Å². The molecule has 0 bridgehead atoms. The summed E-state index contributed by atoms with van der Waals surface area (Å²) in [6, 6.07) is 10.1. The number of carbonyl (C=O) groups excluding carboxylic acids is 2. The number of fused-ring (bicyclic) bond motifs is 1. The Hall–Kier alpha value is -3.28. The van der Waals surface area contributed by atoms with Gasteiger partial charge in [0.05, 0.1) is 7.11 Å². The molecule has 0 unspecified atom stereocenters. The quantitative estimate of drug-likeness (QED) is 0.758. The molecule has 3 N–H and O–H groups in total. The fourth-order valence-corrected chi connectivity index (χ4v) is 2.56. The van der Waals surface area contributed by atoms with Gasteiger partial charge >= 0.3 is 0 Å². The van der Waals surface area contributed by atoms with E-state index in [4.69, 9.17) is 4.74 Å². The number of carbonyl (C=O) groups is 2. The van der Waals surface area contributed by atoms with E-state index in [1.165, 1.54) is 20.1 Å². The van der Waals surface area contributed by atoms with Crippen molar-refractivity contribution in [2.45, 2.75) is 6.92 Å². The van der Waals surface area contributed by atoms with Gasteiger partial charge in [-0.2, -0.15) is 0 Å². The lowest BCUT2D eigenvalue weighted by atomic mass is 10.0. The van der Waals surface area contributed by atoms with Gasteiger partial charge in [0, 0.05) is 29.4 Å². The standard InChI is InChI=1S/C18H16N2O4/c1-10(21)19-12-4-5-15-13(9-12)14(18(23)20-15)7-11-3-6-16(22)17(8-11)24-2/h3-9,22H,1-2H3,(H,19,21)(H,20,23)/b14-7-. The Kier molecular flexibility index (Phi) is 3.95. The number of anilines is 2. The summed E-state index contributed by atoms with van der Waals surface area (Å²) in [7, 11) is 1.46. The van der Waals surface area contributed by atoms with Crippen LogP contribution in [-0.2, 0) is 9.59 Å². The topological polar surface area (TPSA) is 87.7 Å². The smallest absolute Gasteiger partial charge is 0.256 e. The van der Waals surface area contributed by atoms with Crippen molar-refractivity contribution >= 4 is 34.8 Å². The highest BCUT2D eigenvalue weighted by molar-refractivity contribution is 6.35. The number of phenols is 1. The average molecular weight is 324 g/mol. The van der Waals surface area contributed by atoms with Crippen LogP contribution in [0.3, 0.4) is 0 Å². The van der Waals surface area contributed by atoms with E-state index >= 15 is 0 Å². The molecule has 1 aliphatic heterocycles. The zero-order valence-corrected chi connectivity index (χ0v) is 13.2. The zero-order chi connectivity index (χ0) is 17.3. The van der Waals surface area contributed by atoms with E-state index in [1.54, 1.807) is 36.4 Å². The van der Waals surface area contributed by atoms with E-state index in [1.807, 2.05) is 0 Å². The van der Waals surface area contributed by atoms with Crippen molar-refractivity contribution in [3.8, 4) is 11.5 Å². The van der Waals surface area contributed by atoms with Crippen molar-refractivity contribution in [3.63, 3.8) is 0 Å². The van der Waals surface area contributed by atoms with Crippen molar-refractivity contribution in [1.82, 2.24) is 0 Å². The molecule has 3 rings (SSSR count). The lowest BCUT2D eigenvalue weighted by Crippen LogP contribution is -2.05. The SMILES string of the molecule is COc1cc(/C=C2\C(=O)Nc3ccc(NC(C)=O)cc32)ccc1O. The summed E-state index contributed by atoms with van der Waals surface area (Å²) in [6.45, 7) is 1.43. The first-order chi connectivity index (χ1) is 11.5. The normalized spacial score (nSPS) is 14.2. The summed E-state index contributed by atoms with van der Waals surface area (Å²) >= 11 is 0. The van der Waals surface area contributed by atoms with E-state index in [9.17, 15) is 14.7 Å². The lowest BCUT2D eigenvalue weighted by Gasteiger charge is -2.06. The molecule has 6 heteroatoms. The van der Waals surface area contributed by atoms with Crippen molar-refractivity contribution in [2.75, 3.05) is 17.7 Å². The van der Waals surface area contributed by atoms with Gasteiger partial charge in [-0.05, 0) is 42.0 Å². The van der Waals surface area contributed by atoms with Gasteiger partial charge in [-0.25, -0.2) is 0 Å². The number of benzene rings is 2. The Morgan fingerprint density at radius 3 is 2.75 bits per heavy atom. The van der Waals surface area contributed by atoms with E-state index in [2.05, 4.69) is 10.6 Å². The third-order valence-corrected chi connectivity index (χ3v) is 3.64. The van der Waals surface area contributed by atoms with Crippen LogP contribution in [0.4, 0.5) is 11.4 Å². The van der Waals surface area contributed by atoms with Crippen LogP contribution in [0.1, 0.15) is 18.1 Å². The molecule has 0 fully saturated rings. The van der Waals surface area contributed by atoms with E-state index in [0.29, 0.717) is 33.8 Å². The Labute approximate surface area is 138 Å². The molecule has 0 atom stereocenters. The minimum atomic E-state index is -0.225. The third kappa shape index (κ3) is 2.94. The van der Waals surface area contributed by atoms with Crippen LogP contribution in [0.2, 0.25) is 0 Å². The van der Waals surface area contributed by atoms with Crippen LogP contribution >= 0.6 is 0 Å². The molecule has 1 heterocycles. The number of amides is 2. The van der Waals surface area contributed by atoms with Gasteiger partial charge in [0.2, 0.25) is 5.91 Å². The molecule has 2 amide bonds. The van der Waals surface area contributed by atoms with Crippen LogP contribution in [0.25, 0.3) is 11.6 Å². The molecule has 0 saturated heterocycles. The van der Waals surface area contributed by atoms with Crippen molar-refractivity contribution in [3.05, 3.63) is 47.5 Å². The molecule has 122 valence electrons. The monoisotopic (exact) mass is 324 g/mol. The molecule has 6 nitrogen and oxygen atoms in total. The maximum atomic E-state index is 12.2. The van der Waals surface area contributed by atoms with Gasteiger partial charge in [-0.15, -0.1) is 0 Å². The highest BCUT2D eigenvalue weighted by atomic mass is 16.5. The lowest BCUT2D eigenvalue weighted by molar-refractivity contribution is -0.114. The number of hydrogen-bond acceptors (Lipinski definition) is 4. The Morgan fingerprint density at radius 2 is 2.04 bits per heavy atom. The summed E-state index contributed by atoms with van der Waals surface area (Å²) in [5.41, 5.74) is 3.20. The van der Waals surface area contributed by atoms with Gasteiger partial charge in [0.25, 0.3) is 5.91 Å². The first kappa shape index (κ1) is 15.6. The average Bonchev–Trinajstić information content (AvgIpc) is 2.84. The van der Waals surface area contributed by atoms with Gasteiger partial charge in [0.1, 0.15) is 0 Å². The largest absolute Gasteiger partial charge is 0.504 e. The zero-order valence-electron chi connectivity index (χ0n) is 13.2. The van der Waals surface area contributed by atoms with Crippen LogP contribution in [0.5, 0.6) is 11.5 Å². The molecule has 24 heavy (non-hydrogen) atoms. The minimum Gasteiger partial charge on any atom is -0.504 e.